The fourth-order valence-corrected chi connectivity index (χ4v) is 4.26. The molecule has 1 aromatic heterocycles. The third-order valence-electron chi connectivity index (χ3n) is 6.42. The van der Waals surface area contributed by atoms with Crippen molar-refractivity contribution >= 4 is 5.91 Å². The number of rotatable bonds is 11. The normalized spacial score (nSPS) is 13.7. The minimum atomic E-state index is -0.363. The minimum Gasteiger partial charge on any atom is -0.497 e. The van der Waals surface area contributed by atoms with Gasteiger partial charge in [0.05, 0.1) is 14.2 Å². The van der Waals surface area contributed by atoms with Crippen LogP contribution in [0.2, 0.25) is 0 Å². The first-order valence-corrected chi connectivity index (χ1v) is 12.5. The first kappa shape index (κ1) is 26.9. The molecule has 0 radical (unpaired) electrons. The van der Waals surface area contributed by atoms with Gasteiger partial charge in [-0.15, -0.1) is 10.2 Å². The highest BCUT2D eigenvalue weighted by Crippen LogP contribution is 2.31. The van der Waals surface area contributed by atoms with E-state index in [4.69, 9.17) is 14.2 Å². The summed E-state index contributed by atoms with van der Waals surface area (Å²) in [5.41, 5.74) is 1.71. The third kappa shape index (κ3) is 6.77. The van der Waals surface area contributed by atoms with E-state index < -0.39 is 0 Å². The molecule has 0 bridgehead atoms. The zero-order valence-corrected chi connectivity index (χ0v) is 21.8. The molecule has 200 valence electrons. The highest BCUT2D eigenvalue weighted by atomic mass is 16.5. The van der Waals surface area contributed by atoms with Crippen molar-refractivity contribution in [3.8, 4) is 28.6 Å². The number of nitrogens with one attached hydrogen (secondary N) is 1. The number of hydrogen-bond acceptors (Lipinski definition) is 8. The first-order chi connectivity index (χ1) is 18.5. The van der Waals surface area contributed by atoms with Crippen molar-refractivity contribution in [2.24, 2.45) is 0 Å². The molecular formula is C28H33N5O5. The molecule has 38 heavy (non-hydrogen) atoms. The largest absolute Gasteiger partial charge is 0.497 e. The maximum atomic E-state index is 12.8. The van der Waals surface area contributed by atoms with Crippen molar-refractivity contribution in [3.63, 3.8) is 0 Å². The Bertz CT molecular complexity index is 1300. The Hall–Kier alpha value is -4.18. The summed E-state index contributed by atoms with van der Waals surface area (Å²) in [4.78, 5) is 32.4. The van der Waals surface area contributed by atoms with Gasteiger partial charge in [0.2, 0.25) is 5.91 Å². The van der Waals surface area contributed by atoms with Crippen molar-refractivity contribution in [2.45, 2.75) is 19.4 Å². The van der Waals surface area contributed by atoms with Crippen molar-refractivity contribution in [3.05, 3.63) is 76.7 Å². The van der Waals surface area contributed by atoms with Gasteiger partial charge < -0.3 is 24.1 Å². The Labute approximate surface area is 221 Å². The number of carbonyl (C=O) groups is 1. The first-order valence-electron chi connectivity index (χ1n) is 12.5. The molecule has 0 aliphatic carbocycles. The van der Waals surface area contributed by atoms with Crippen molar-refractivity contribution in [1.29, 1.82) is 0 Å². The highest BCUT2D eigenvalue weighted by Gasteiger charge is 2.21. The number of nitrogens with zero attached hydrogens (tertiary/aromatic N) is 4. The van der Waals surface area contributed by atoms with Gasteiger partial charge in [-0.3, -0.25) is 14.5 Å². The van der Waals surface area contributed by atoms with Gasteiger partial charge in [0, 0.05) is 51.1 Å². The Kier molecular flexibility index (Phi) is 9.10. The predicted octanol–water partition coefficient (Wildman–Crippen LogP) is 2.69. The lowest BCUT2D eigenvalue weighted by Gasteiger charge is -2.34. The Morgan fingerprint density at radius 1 is 1.03 bits per heavy atom. The molecule has 1 fully saturated rings. The molecule has 2 aromatic carbocycles. The van der Waals surface area contributed by atoms with Crippen LogP contribution in [0, 0.1) is 0 Å². The fraction of sp³-hybridized carbons (Fsp3) is 0.357. The Morgan fingerprint density at radius 2 is 1.79 bits per heavy atom. The Balaban J connectivity index is 1.29. The zero-order chi connectivity index (χ0) is 26.9. The summed E-state index contributed by atoms with van der Waals surface area (Å²) >= 11 is 0. The lowest BCUT2D eigenvalue weighted by molar-refractivity contribution is -0.133. The van der Waals surface area contributed by atoms with Crippen LogP contribution in [-0.2, 0) is 17.8 Å². The van der Waals surface area contributed by atoms with Gasteiger partial charge in [0.15, 0.2) is 17.3 Å². The molecule has 4 rings (SSSR count). The summed E-state index contributed by atoms with van der Waals surface area (Å²) in [5.74, 6) is 2.23. The van der Waals surface area contributed by atoms with E-state index in [-0.39, 0.29) is 30.0 Å². The average Bonchev–Trinajstić information content (AvgIpc) is 2.96. The molecule has 3 aromatic rings. The van der Waals surface area contributed by atoms with Crippen LogP contribution in [0.1, 0.15) is 17.7 Å². The molecule has 1 aliphatic rings. The standard InChI is InChI=1S/C28H33N5O5/c1-4-17-38-24-11-7-21(18-25(24)37-3)27-29-28(35)23(30-31-27)10-12-26(34)33-15-13-32(14-16-33)19-20-5-8-22(36-2)9-6-20/h4-9,11,18H,1,10,12-17,19H2,2-3H3,(H,29,31,35). The monoisotopic (exact) mass is 519 g/mol. The number of amides is 1. The maximum absolute atomic E-state index is 12.8. The molecular weight excluding hydrogens is 486 g/mol. The van der Waals surface area contributed by atoms with Crippen LogP contribution in [0.25, 0.3) is 11.4 Å². The summed E-state index contributed by atoms with van der Waals surface area (Å²) in [7, 11) is 3.19. The van der Waals surface area contributed by atoms with E-state index in [2.05, 4.69) is 38.8 Å². The number of H-pyrrole nitrogens is 1. The summed E-state index contributed by atoms with van der Waals surface area (Å²) < 4.78 is 16.2. The molecule has 10 heteroatoms. The molecule has 0 spiro atoms. The zero-order valence-electron chi connectivity index (χ0n) is 21.8. The maximum Gasteiger partial charge on any atom is 0.273 e. The van der Waals surface area contributed by atoms with Gasteiger partial charge >= 0.3 is 0 Å². The van der Waals surface area contributed by atoms with Gasteiger partial charge in [-0.05, 0) is 35.9 Å². The second-order valence-corrected chi connectivity index (χ2v) is 8.92. The number of ether oxygens (including phenoxy) is 3. The summed E-state index contributed by atoms with van der Waals surface area (Å²) in [6.45, 7) is 7.73. The van der Waals surface area contributed by atoms with E-state index in [1.807, 2.05) is 17.0 Å². The number of hydrogen-bond donors (Lipinski definition) is 1. The highest BCUT2D eigenvalue weighted by molar-refractivity contribution is 5.76. The number of aromatic nitrogens is 3. The lowest BCUT2D eigenvalue weighted by atomic mass is 10.1. The SMILES string of the molecule is C=CCOc1ccc(-c2nnc(CCC(=O)N3CCN(Cc4ccc(OC)cc4)CC3)c(=O)[nH]2)cc1OC. The molecule has 1 saturated heterocycles. The Morgan fingerprint density at radius 3 is 2.45 bits per heavy atom. The molecule has 10 nitrogen and oxygen atoms in total. The average molecular weight is 520 g/mol. The van der Waals surface area contributed by atoms with E-state index in [0.717, 1.165) is 25.4 Å². The quantitative estimate of drug-likeness (QED) is 0.385. The second-order valence-electron chi connectivity index (χ2n) is 8.92. The summed E-state index contributed by atoms with van der Waals surface area (Å²) in [6.07, 6.45) is 2.08. The van der Waals surface area contributed by atoms with Crippen LogP contribution in [0.4, 0.5) is 0 Å². The second kappa shape index (κ2) is 12.9. The van der Waals surface area contributed by atoms with E-state index in [0.29, 0.717) is 42.6 Å². The van der Waals surface area contributed by atoms with Gasteiger partial charge in [0.25, 0.3) is 5.56 Å². The number of aromatic amines is 1. The van der Waals surface area contributed by atoms with E-state index in [1.165, 1.54) is 12.7 Å². The fourth-order valence-electron chi connectivity index (χ4n) is 4.26. The van der Waals surface area contributed by atoms with Crippen LogP contribution in [0.15, 0.2) is 59.9 Å². The number of piperazine rings is 1. The van der Waals surface area contributed by atoms with Crippen molar-refractivity contribution in [2.75, 3.05) is 47.0 Å². The number of aryl methyl sites for hydroxylation is 1. The molecule has 0 atom stereocenters. The van der Waals surface area contributed by atoms with Gasteiger partial charge in [-0.2, -0.15) is 0 Å². The van der Waals surface area contributed by atoms with Crippen molar-refractivity contribution < 1.29 is 19.0 Å². The van der Waals surface area contributed by atoms with Gasteiger partial charge in [0.1, 0.15) is 18.1 Å². The summed E-state index contributed by atoms with van der Waals surface area (Å²) in [6, 6.07) is 13.3. The van der Waals surface area contributed by atoms with Crippen LogP contribution in [0.3, 0.4) is 0 Å². The smallest absolute Gasteiger partial charge is 0.273 e. The van der Waals surface area contributed by atoms with E-state index in [1.54, 1.807) is 31.4 Å². The molecule has 2 heterocycles. The minimum absolute atomic E-state index is 0.0132. The van der Waals surface area contributed by atoms with Crippen LogP contribution >= 0.6 is 0 Å². The number of carbonyl (C=O) groups excluding carboxylic acids is 1. The van der Waals surface area contributed by atoms with E-state index >= 15 is 0 Å². The molecule has 1 aliphatic heterocycles. The number of methoxy groups -OCH3 is 2. The molecule has 0 unspecified atom stereocenters. The number of benzene rings is 2. The molecule has 0 saturated carbocycles. The van der Waals surface area contributed by atoms with E-state index in [9.17, 15) is 9.59 Å². The predicted molar refractivity (Wildman–Crippen MR) is 144 cm³/mol. The molecule has 1 amide bonds. The van der Waals surface area contributed by atoms with Crippen LogP contribution in [0.5, 0.6) is 17.2 Å². The topological polar surface area (TPSA) is 110 Å². The van der Waals surface area contributed by atoms with Crippen LogP contribution < -0.4 is 19.8 Å². The lowest BCUT2D eigenvalue weighted by Crippen LogP contribution is -2.48. The van der Waals surface area contributed by atoms with Crippen LogP contribution in [-0.4, -0.2) is 77.9 Å². The molecule has 1 N–H and O–H groups in total. The van der Waals surface area contributed by atoms with Crippen molar-refractivity contribution in [1.82, 2.24) is 25.0 Å². The van der Waals surface area contributed by atoms with Gasteiger partial charge in [-0.25, -0.2) is 0 Å². The third-order valence-corrected chi connectivity index (χ3v) is 6.42. The van der Waals surface area contributed by atoms with Gasteiger partial charge in [-0.1, -0.05) is 24.8 Å². The summed E-state index contributed by atoms with van der Waals surface area (Å²) in [5, 5.41) is 8.27.